The van der Waals surface area contributed by atoms with Gasteiger partial charge < -0.3 is 10.2 Å². The molecule has 3 rings (SSSR count). The summed E-state index contributed by atoms with van der Waals surface area (Å²) in [7, 11) is 0. The van der Waals surface area contributed by atoms with E-state index in [4.69, 9.17) is 0 Å². The minimum absolute atomic E-state index is 0.0219. The number of nitrogens with zero attached hydrogens (tertiary/aromatic N) is 3. The molecular weight excluding hydrogens is 387 g/mol. The highest BCUT2D eigenvalue weighted by Gasteiger charge is 2.33. The second-order valence-electron chi connectivity index (χ2n) is 6.43. The van der Waals surface area contributed by atoms with Gasteiger partial charge in [0, 0.05) is 22.9 Å². The lowest BCUT2D eigenvalue weighted by Crippen LogP contribution is -2.04. The zero-order chi connectivity index (χ0) is 21.2. The van der Waals surface area contributed by atoms with Crippen LogP contribution in [-0.4, -0.2) is 20.7 Å². The molecule has 0 fully saturated rings. The van der Waals surface area contributed by atoms with E-state index in [1.54, 1.807) is 0 Å². The molecule has 1 heterocycles. The van der Waals surface area contributed by atoms with E-state index in [9.17, 15) is 28.2 Å². The highest BCUT2D eigenvalue weighted by atomic mass is 19.4. The molecule has 29 heavy (non-hydrogen) atoms. The number of unbranched alkanes of at least 4 members (excludes halogenated alkanes) is 1. The maximum absolute atomic E-state index is 13.0. The molecule has 0 atom stereocenters. The van der Waals surface area contributed by atoms with Crippen molar-refractivity contribution in [1.82, 2.24) is 4.57 Å². The van der Waals surface area contributed by atoms with Crippen molar-refractivity contribution in [2.24, 2.45) is 10.2 Å². The molecule has 1 amide bonds. The minimum atomic E-state index is -4.62. The van der Waals surface area contributed by atoms with Crippen LogP contribution in [0, 0.1) is 0 Å². The number of benzene rings is 2. The Kier molecular flexibility index (Phi) is 5.58. The standard InChI is InChI=1S/C20H18F3N3O3/c1-2-3-10-26-18(28)13-9-8-12(11-14(13)19(26)29)17(27)25-24-16-7-5-4-6-15(16)20(21,22)23/h4-9,11,28-29H,2-3,10H2,1H3. The Morgan fingerprint density at radius 3 is 2.45 bits per heavy atom. The molecular formula is C20H18F3N3O3. The number of carbonyl (C=O) groups excluding carboxylic acids is 1. The largest absolute Gasteiger partial charge is 0.494 e. The molecule has 0 bridgehead atoms. The summed E-state index contributed by atoms with van der Waals surface area (Å²) in [5.74, 6) is -1.19. The average molecular weight is 405 g/mol. The first kappa shape index (κ1) is 20.4. The van der Waals surface area contributed by atoms with Crippen molar-refractivity contribution in [1.29, 1.82) is 0 Å². The Balaban J connectivity index is 1.93. The summed E-state index contributed by atoms with van der Waals surface area (Å²) in [4.78, 5) is 12.3. The highest BCUT2D eigenvalue weighted by Crippen LogP contribution is 2.38. The second-order valence-corrected chi connectivity index (χ2v) is 6.43. The summed E-state index contributed by atoms with van der Waals surface area (Å²) in [5.41, 5.74) is -1.45. The topological polar surface area (TPSA) is 87.2 Å². The van der Waals surface area contributed by atoms with Crippen molar-refractivity contribution < 1.29 is 28.2 Å². The van der Waals surface area contributed by atoms with Gasteiger partial charge in [-0.15, -0.1) is 10.2 Å². The molecule has 1 aromatic heterocycles. The molecule has 0 aliphatic carbocycles. The van der Waals surface area contributed by atoms with Crippen molar-refractivity contribution in [3.05, 3.63) is 53.6 Å². The third-order valence-electron chi connectivity index (χ3n) is 4.45. The number of aromatic nitrogens is 1. The number of amides is 1. The Morgan fingerprint density at radius 1 is 1.07 bits per heavy atom. The van der Waals surface area contributed by atoms with Crippen molar-refractivity contribution in [2.75, 3.05) is 0 Å². The van der Waals surface area contributed by atoms with Gasteiger partial charge in [0.2, 0.25) is 11.8 Å². The molecule has 0 saturated carbocycles. The van der Waals surface area contributed by atoms with Gasteiger partial charge in [-0.25, -0.2) is 0 Å². The Bertz CT molecular complexity index is 1090. The molecule has 0 aliphatic rings. The van der Waals surface area contributed by atoms with Crippen LogP contribution in [0.2, 0.25) is 0 Å². The first-order valence-corrected chi connectivity index (χ1v) is 8.90. The fourth-order valence-electron chi connectivity index (χ4n) is 2.93. The third-order valence-corrected chi connectivity index (χ3v) is 4.45. The Hall–Kier alpha value is -3.36. The zero-order valence-electron chi connectivity index (χ0n) is 15.4. The molecule has 3 aromatic rings. The molecule has 0 spiro atoms. The van der Waals surface area contributed by atoms with E-state index in [-0.39, 0.29) is 22.7 Å². The van der Waals surface area contributed by atoms with Gasteiger partial charge in [0.15, 0.2) is 0 Å². The predicted octanol–water partition coefficient (Wildman–Crippen LogP) is 5.80. The average Bonchev–Trinajstić information content (AvgIpc) is 2.93. The number of hydrogen-bond acceptors (Lipinski definition) is 4. The summed E-state index contributed by atoms with van der Waals surface area (Å²) < 4.78 is 40.3. The van der Waals surface area contributed by atoms with E-state index in [0.717, 1.165) is 25.0 Å². The fourth-order valence-corrected chi connectivity index (χ4v) is 2.93. The van der Waals surface area contributed by atoms with Crippen molar-refractivity contribution in [3.63, 3.8) is 0 Å². The second kappa shape index (κ2) is 7.94. The minimum Gasteiger partial charge on any atom is -0.494 e. The van der Waals surface area contributed by atoms with Crippen molar-refractivity contribution >= 4 is 22.4 Å². The van der Waals surface area contributed by atoms with Gasteiger partial charge in [-0.05, 0) is 36.8 Å². The molecule has 9 heteroatoms. The summed E-state index contributed by atoms with van der Waals surface area (Å²) in [5, 5.41) is 28.0. The molecule has 0 aliphatic heterocycles. The van der Waals surface area contributed by atoms with E-state index in [1.807, 2.05) is 6.92 Å². The van der Waals surface area contributed by atoms with Crippen LogP contribution in [-0.2, 0) is 12.7 Å². The smallest absolute Gasteiger partial charge is 0.418 e. The van der Waals surface area contributed by atoms with E-state index < -0.39 is 23.3 Å². The molecule has 0 unspecified atom stereocenters. The number of hydrogen-bond donors (Lipinski definition) is 2. The number of fused-ring (bicyclic) bond motifs is 1. The molecule has 0 radical (unpaired) electrons. The van der Waals surface area contributed by atoms with E-state index in [1.165, 1.54) is 34.9 Å². The summed E-state index contributed by atoms with van der Waals surface area (Å²) in [6.07, 6.45) is -3.03. The van der Waals surface area contributed by atoms with Crippen LogP contribution >= 0.6 is 0 Å². The van der Waals surface area contributed by atoms with Gasteiger partial charge in [-0.3, -0.25) is 9.36 Å². The van der Waals surface area contributed by atoms with Crippen LogP contribution in [0.5, 0.6) is 11.8 Å². The molecule has 152 valence electrons. The fraction of sp³-hybridized carbons (Fsp3) is 0.250. The Morgan fingerprint density at radius 2 is 1.76 bits per heavy atom. The molecule has 2 aromatic carbocycles. The lowest BCUT2D eigenvalue weighted by Gasteiger charge is -2.08. The van der Waals surface area contributed by atoms with Gasteiger partial charge in [0.1, 0.15) is 0 Å². The number of aromatic hydroxyl groups is 2. The number of alkyl halides is 3. The van der Waals surface area contributed by atoms with Crippen LogP contribution < -0.4 is 0 Å². The maximum atomic E-state index is 13.0. The zero-order valence-corrected chi connectivity index (χ0v) is 15.4. The molecule has 2 N–H and O–H groups in total. The van der Waals surface area contributed by atoms with E-state index >= 15 is 0 Å². The van der Waals surface area contributed by atoms with E-state index in [0.29, 0.717) is 11.9 Å². The number of rotatable bonds is 5. The van der Waals surface area contributed by atoms with E-state index in [2.05, 4.69) is 10.2 Å². The van der Waals surface area contributed by atoms with Gasteiger partial charge >= 0.3 is 6.18 Å². The van der Waals surface area contributed by atoms with Crippen molar-refractivity contribution in [2.45, 2.75) is 32.5 Å². The molecule has 0 saturated heterocycles. The van der Waals surface area contributed by atoms with Crippen LogP contribution in [0.25, 0.3) is 10.8 Å². The SMILES string of the molecule is CCCCn1c(O)c2ccc(C(=O)N=Nc3ccccc3C(F)(F)F)cc2c1O. The predicted molar refractivity (Wildman–Crippen MR) is 100 cm³/mol. The van der Waals surface area contributed by atoms with Crippen LogP contribution in [0.4, 0.5) is 18.9 Å². The van der Waals surface area contributed by atoms with Gasteiger partial charge in [0.05, 0.1) is 11.3 Å². The van der Waals surface area contributed by atoms with Gasteiger partial charge in [-0.2, -0.15) is 13.2 Å². The number of azo groups is 1. The first-order chi connectivity index (χ1) is 13.7. The molecule has 6 nitrogen and oxygen atoms in total. The number of halogens is 3. The van der Waals surface area contributed by atoms with Crippen LogP contribution in [0.15, 0.2) is 52.7 Å². The van der Waals surface area contributed by atoms with Crippen LogP contribution in [0.3, 0.4) is 0 Å². The van der Waals surface area contributed by atoms with Crippen LogP contribution in [0.1, 0.15) is 35.7 Å². The summed E-state index contributed by atoms with van der Waals surface area (Å²) in [6, 6.07) is 8.67. The third kappa shape index (κ3) is 4.08. The Labute approximate surface area is 163 Å². The first-order valence-electron chi connectivity index (χ1n) is 8.90. The quantitative estimate of drug-likeness (QED) is 0.526. The lowest BCUT2D eigenvalue weighted by molar-refractivity contribution is -0.137. The normalized spacial score (nSPS) is 12.1. The maximum Gasteiger partial charge on any atom is 0.418 e. The lowest BCUT2D eigenvalue weighted by atomic mass is 10.1. The van der Waals surface area contributed by atoms with Crippen molar-refractivity contribution in [3.8, 4) is 11.8 Å². The summed E-state index contributed by atoms with van der Waals surface area (Å²) in [6.45, 7) is 2.37. The van der Waals surface area contributed by atoms with Gasteiger partial charge in [0.25, 0.3) is 5.91 Å². The monoisotopic (exact) mass is 405 g/mol. The number of carbonyl (C=O) groups is 1. The highest BCUT2D eigenvalue weighted by molar-refractivity contribution is 6.02. The van der Waals surface area contributed by atoms with Gasteiger partial charge in [-0.1, -0.05) is 25.5 Å². The summed E-state index contributed by atoms with van der Waals surface area (Å²) >= 11 is 0.